The van der Waals surface area contributed by atoms with E-state index in [2.05, 4.69) is 19.9 Å². The molecule has 0 atom stereocenters. The first-order valence-corrected chi connectivity index (χ1v) is 5.88. The summed E-state index contributed by atoms with van der Waals surface area (Å²) in [5.74, 6) is 0. The normalized spacial score (nSPS) is 10.9. The molecule has 0 amide bonds. The van der Waals surface area contributed by atoms with Gasteiger partial charge in [-0.25, -0.2) is 9.97 Å². The van der Waals surface area contributed by atoms with Gasteiger partial charge in [-0.2, -0.15) is 0 Å². The zero-order valence-corrected chi connectivity index (χ0v) is 9.78. The lowest BCUT2D eigenvalue weighted by molar-refractivity contribution is 1.15. The van der Waals surface area contributed by atoms with Crippen LogP contribution in [-0.4, -0.2) is 19.9 Å². The quantitative estimate of drug-likeness (QED) is 0.708. The van der Waals surface area contributed by atoms with E-state index in [0.29, 0.717) is 16.6 Å². The van der Waals surface area contributed by atoms with Crippen LogP contribution < -0.4 is 5.56 Å². The van der Waals surface area contributed by atoms with E-state index in [9.17, 15) is 4.79 Å². The molecule has 5 nitrogen and oxygen atoms in total. The summed E-state index contributed by atoms with van der Waals surface area (Å²) in [6, 6.07) is 1.66. The SMILES string of the molecule is Cc1nc(-c2nccc3c(=O)[nH]cnc23)cs1. The molecule has 0 aliphatic carbocycles. The molecular weight excluding hydrogens is 236 g/mol. The molecule has 0 aliphatic heterocycles. The van der Waals surface area contributed by atoms with Gasteiger partial charge in [0, 0.05) is 11.6 Å². The Morgan fingerprint density at radius 2 is 2.24 bits per heavy atom. The van der Waals surface area contributed by atoms with Crippen LogP contribution in [0.4, 0.5) is 0 Å². The van der Waals surface area contributed by atoms with Crippen molar-refractivity contribution in [2.45, 2.75) is 6.92 Å². The molecule has 0 radical (unpaired) electrons. The summed E-state index contributed by atoms with van der Waals surface area (Å²) in [7, 11) is 0. The molecule has 3 aromatic rings. The minimum Gasteiger partial charge on any atom is -0.313 e. The number of nitrogens with zero attached hydrogens (tertiary/aromatic N) is 3. The lowest BCUT2D eigenvalue weighted by Crippen LogP contribution is -2.07. The molecule has 3 aromatic heterocycles. The second-order valence-electron chi connectivity index (χ2n) is 3.54. The van der Waals surface area contributed by atoms with Gasteiger partial charge in [-0.3, -0.25) is 9.78 Å². The number of pyridine rings is 1. The van der Waals surface area contributed by atoms with Crippen LogP contribution in [0.2, 0.25) is 0 Å². The molecule has 0 aliphatic rings. The average molecular weight is 244 g/mol. The highest BCUT2D eigenvalue weighted by Crippen LogP contribution is 2.24. The molecule has 0 saturated heterocycles. The summed E-state index contributed by atoms with van der Waals surface area (Å²) in [4.78, 5) is 27.0. The van der Waals surface area contributed by atoms with Gasteiger partial charge in [-0.15, -0.1) is 11.3 Å². The summed E-state index contributed by atoms with van der Waals surface area (Å²) < 4.78 is 0. The van der Waals surface area contributed by atoms with Crippen molar-refractivity contribution in [2.24, 2.45) is 0 Å². The second kappa shape index (κ2) is 3.74. The highest BCUT2D eigenvalue weighted by atomic mass is 32.1. The zero-order chi connectivity index (χ0) is 11.8. The second-order valence-corrected chi connectivity index (χ2v) is 4.60. The lowest BCUT2D eigenvalue weighted by atomic mass is 10.2. The Bertz CT molecular complexity index is 746. The van der Waals surface area contributed by atoms with Crippen LogP contribution in [0.25, 0.3) is 22.3 Å². The fourth-order valence-electron chi connectivity index (χ4n) is 1.66. The summed E-state index contributed by atoms with van der Waals surface area (Å²) in [5, 5.41) is 3.41. The summed E-state index contributed by atoms with van der Waals surface area (Å²) in [5.41, 5.74) is 1.83. The van der Waals surface area contributed by atoms with Crippen LogP contribution in [0.1, 0.15) is 5.01 Å². The van der Waals surface area contributed by atoms with E-state index < -0.39 is 0 Å². The molecular formula is C11H8N4OS. The molecule has 3 heterocycles. The van der Waals surface area contributed by atoms with E-state index in [4.69, 9.17) is 0 Å². The van der Waals surface area contributed by atoms with Crippen LogP contribution in [0.3, 0.4) is 0 Å². The Labute approximate surface area is 100 Å². The molecule has 0 spiro atoms. The number of hydrogen-bond acceptors (Lipinski definition) is 5. The lowest BCUT2D eigenvalue weighted by Gasteiger charge is -2.00. The van der Waals surface area contributed by atoms with Crippen molar-refractivity contribution in [3.05, 3.63) is 39.3 Å². The third-order valence-corrected chi connectivity index (χ3v) is 3.19. The number of aryl methyl sites for hydroxylation is 1. The van der Waals surface area contributed by atoms with Crippen LogP contribution in [0.15, 0.2) is 28.8 Å². The number of thiazole rings is 1. The topological polar surface area (TPSA) is 71.5 Å². The van der Waals surface area contributed by atoms with Gasteiger partial charge in [0.25, 0.3) is 5.56 Å². The van der Waals surface area contributed by atoms with Gasteiger partial charge in [0.05, 0.1) is 16.7 Å². The van der Waals surface area contributed by atoms with Gasteiger partial charge < -0.3 is 4.98 Å². The molecule has 0 saturated carbocycles. The Morgan fingerprint density at radius 3 is 3.00 bits per heavy atom. The van der Waals surface area contributed by atoms with E-state index in [1.165, 1.54) is 6.33 Å². The minimum atomic E-state index is -0.161. The van der Waals surface area contributed by atoms with Crippen molar-refractivity contribution < 1.29 is 0 Å². The largest absolute Gasteiger partial charge is 0.313 e. The minimum absolute atomic E-state index is 0.161. The van der Waals surface area contributed by atoms with Crippen molar-refractivity contribution in [2.75, 3.05) is 0 Å². The third kappa shape index (κ3) is 1.62. The fourth-order valence-corrected chi connectivity index (χ4v) is 2.26. The Kier molecular flexibility index (Phi) is 2.22. The van der Waals surface area contributed by atoms with Crippen LogP contribution >= 0.6 is 11.3 Å². The predicted octanol–water partition coefficient (Wildman–Crippen LogP) is 1.75. The third-order valence-electron chi connectivity index (χ3n) is 2.42. The first-order valence-electron chi connectivity index (χ1n) is 5.00. The van der Waals surface area contributed by atoms with E-state index in [0.717, 1.165) is 10.7 Å². The molecule has 1 N–H and O–H groups in total. The summed E-state index contributed by atoms with van der Waals surface area (Å²) in [6.45, 7) is 1.93. The van der Waals surface area contributed by atoms with Crippen molar-refractivity contribution in [1.82, 2.24) is 19.9 Å². The van der Waals surface area contributed by atoms with E-state index in [-0.39, 0.29) is 5.56 Å². The summed E-state index contributed by atoms with van der Waals surface area (Å²) in [6.07, 6.45) is 2.98. The molecule has 0 fully saturated rings. The number of hydrogen-bond donors (Lipinski definition) is 1. The van der Waals surface area contributed by atoms with Crippen molar-refractivity contribution >= 4 is 22.2 Å². The standard InChI is InChI=1S/C11H8N4OS/c1-6-15-8(4-17-6)10-9-7(2-3-12-10)11(16)14-5-13-9/h2-5H,1H3,(H,13,14,16). The smallest absolute Gasteiger partial charge is 0.258 e. The Morgan fingerprint density at radius 1 is 1.35 bits per heavy atom. The van der Waals surface area contributed by atoms with E-state index in [1.54, 1.807) is 23.6 Å². The monoisotopic (exact) mass is 244 g/mol. The molecule has 84 valence electrons. The van der Waals surface area contributed by atoms with Crippen LogP contribution in [-0.2, 0) is 0 Å². The van der Waals surface area contributed by atoms with Crippen LogP contribution in [0.5, 0.6) is 0 Å². The fraction of sp³-hybridized carbons (Fsp3) is 0.0909. The van der Waals surface area contributed by atoms with Gasteiger partial charge >= 0.3 is 0 Å². The average Bonchev–Trinajstić information content (AvgIpc) is 2.76. The van der Waals surface area contributed by atoms with Crippen molar-refractivity contribution in [3.63, 3.8) is 0 Å². The molecule has 17 heavy (non-hydrogen) atoms. The number of nitrogens with one attached hydrogen (secondary N) is 1. The number of H-pyrrole nitrogens is 1. The van der Waals surface area contributed by atoms with Crippen LogP contribution in [0, 0.1) is 6.92 Å². The van der Waals surface area contributed by atoms with Gasteiger partial charge in [0.1, 0.15) is 16.9 Å². The maximum atomic E-state index is 11.6. The first-order chi connectivity index (χ1) is 8.25. The Hall–Kier alpha value is -2.08. The number of aromatic amines is 1. The predicted molar refractivity (Wildman–Crippen MR) is 66.0 cm³/mol. The van der Waals surface area contributed by atoms with Gasteiger partial charge in [-0.1, -0.05) is 0 Å². The van der Waals surface area contributed by atoms with Gasteiger partial charge in [0.2, 0.25) is 0 Å². The van der Waals surface area contributed by atoms with Gasteiger partial charge in [-0.05, 0) is 13.0 Å². The van der Waals surface area contributed by atoms with Crippen molar-refractivity contribution in [1.29, 1.82) is 0 Å². The molecule has 6 heteroatoms. The van der Waals surface area contributed by atoms with E-state index >= 15 is 0 Å². The van der Waals surface area contributed by atoms with Gasteiger partial charge in [0.15, 0.2) is 0 Å². The molecule has 0 unspecified atom stereocenters. The first kappa shape index (κ1) is 10.1. The van der Waals surface area contributed by atoms with E-state index in [1.807, 2.05) is 12.3 Å². The maximum absolute atomic E-state index is 11.6. The number of fused-ring (bicyclic) bond motifs is 1. The van der Waals surface area contributed by atoms with Crippen molar-refractivity contribution in [3.8, 4) is 11.4 Å². The Balaban J connectivity index is 2.38. The highest BCUT2D eigenvalue weighted by Gasteiger charge is 2.10. The highest BCUT2D eigenvalue weighted by molar-refractivity contribution is 7.09. The maximum Gasteiger partial charge on any atom is 0.258 e. The summed E-state index contributed by atoms with van der Waals surface area (Å²) >= 11 is 1.55. The molecule has 0 bridgehead atoms. The number of aromatic nitrogens is 4. The molecule has 3 rings (SSSR count). The number of rotatable bonds is 1. The molecule has 0 aromatic carbocycles. The zero-order valence-electron chi connectivity index (χ0n) is 8.97.